The molecule has 0 spiro atoms. The van der Waals surface area contributed by atoms with Gasteiger partial charge in [0.2, 0.25) is 11.8 Å². The summed E-state index contributed by atoms with van der Waals surface area (Å²) in [6.07, 6.45) is 3.38. The quantitative estimate of drug-likeness (QED) is 0.190. The second kappa shape index (κ2) is 8.81. The highest BCUT2D eigenvalue weighted by molar-refractivity contribution is 9.12. The number of carbonyl (C=O) groups excluding carboxylic acids is 4. The Labute approximate surface area is 223 Å². The normalized spacial score (nSPS) is 26.6. The predicted molar refractivity (Wildman–Crippen MR) is 135 cm³/mol. The van der Waals surface area contributed by atoms with E-state index in [0.29, 0.717) is 11.3 Å². The smallest absolute Gasteiger partial charge is 0.271 e. The number of nitro groups is 1. The van der Waals surface area contributed by atoms with E-state index in [2.05, 4.69) is 15.9 Å². The summed E-state index contributed by atoms with van der Waals surface area (Å²) in [7, 11) is 0. The van der Waals surface area contributed by atoms with Crippen molar-refractivity contribution in [3.8, 4) is 0 Å². The molecule has 4 unspecified atom stereocenters. The van der Waals surface area contributed by atoms with E-state index in [1.54, 1.807) is 12.1 Å². The zero-order chi connectivity index (χ0) is 26.9. The molecule has 1 saturated heterocycles. The van der Waals surface area contributed by atoms with E-state index < -0.39 is 40.4 Å². The number of anilines is 1. The van der Waals surface area contributed by atoms with E-state index in [1.807, 2.05) is 6.08 Å². The van der Waals surface area contributed by atoms with Gasteiger partial charge in [-0.25, -0.2) is 4.90 Å². The Bertz CT molecular complexity index is 1560. The van der Waals surface area contributed by atoms with Crippen LogP contribution in [0.25, 0.3) is 0 Å². The molecule has 4 atom stereocenters. The molecule has 0 bridgehead atoms. The Morgan fingerprint density at radius 1 is 1.11 bits per heavy atom. The highest BCUT2D eigenvalue weighted by atomic mass is 79.9. The van der Waals surface area contributed by atoms with Gasteiger partial charge in [-0.15, -0.1) is 0 Å². The van der Waals surface area contributed by atoms with Gasteiger partial charge in [0.25, 0.3) is 5.69 Å². The molecule has 1 aromatic carbocycles. The minimum Gasteiger partial charge on any atom is -0.463 e. The van der Waals surface area contributed by atoms with Crippen molar-refractivity contribution in [2.75, 3.05) is 4.90 Å². The summed E-state index contributed by atoms with van der Waals surface area (Å²) in [6, 6.07) is 8.58. The van der Waals surface area contributed by atoms with Crippen LogP contribution in [0.4, 0.5) is 11.4 Å². The number of nitro benzene ring substituents is 1. The van der Waals surface area contributed by atoms with Gasteiger partial charge in [-0.1, -0.05) is 17.7 Å². The first-order valence-corrected chi connectivity index (χ1v) is 12.7. The Hall–Kier alpha value is -3.96. The standard InChI is InChI=1S/C27H19BrN2O8/c28-19-10-20(32)23-18(25(19)33)9-17-15(24(23)21-7-4-14(11-31)38-21)5-6-16-22(17)27(35)29(26(16)34)12-2-1-3-13(8-12)30(36)37/h1-5,7-8,10,16-17,22,24,31H,6,9,11H2. The molecule has 11 heteroatoms. The lowest BCUT2D eigenvalue weighted by molar-refractivity contribution is -0.384. The summed E-state index contributed by atoms with van der Waals surface area (Å²) in [4.78, 5) is 65.3. The van der Waals surface area contributed by atoms with E-state index in [-0.39, 0.29) is 63.8 Å². The Morgan fingerprint density at radius 2 is 1.89 bits per heavy atom. The number of nitrogens with zero attached hydrogens (tertiary/aromatic N) is 2. The van der Waals surface area contributed by atoms with E-state index >= 15 is 0 Å². The van der Waals surface area contributed by atoms with Crippen molar-refractivity contribution in [2.45, 2.75) is 25.4 Å². The van der Waals surface area contributed by atoms with Crippen molar-refractivity contribution in [2.24, 2.45) is 17.8 Å². The number of hydrogen-bond donors (Lipinski definition) is 1. The van der Waals surface area contributed by atoms with Crippen LogP contribution in [0.5, 0.6) is 0 Å². The molecule has 6 rings (SSSR count). The Morgan fingerprint density at radius 3 is 2.61 bits per heavy atom. The van der Waals surface area contributed by atoms with Crippen LogP contribution in [0.3, 0.4) is 0 Å². The molecule has 1 aromatic heterocycles. The SMILES string of the molecule is O=C1C=C(Br)C(=O)C2=C1C(c1ccc(CO)o1)C1=CCC3C(=O)N(c4cccc([N+](=O)[O-])c4)C(=O)C3C1C2. The van der Waals surface area contributed by atoms with Crippen molar-refractivity contribution in [3.05, 3.63) is 91.4 Å². The van der Waals surface area contributed by atoms with E-state index in [1.165, 1.54) is 30.3 Å². The molecule has 2 heterocycles. The summed E-state index contributed by atoms with van der Waals surface area (Å²) in [5.41, 5.74) is 1.10. The number of halogens is 1. The van der Waals surface area contributed by atoms with Crippen molar-refractivity contribution in [1.82, 2.24) is 0 Å². The molecule has 38 heavy (non-hydrogen) atoms. The molecule has 3 aliphatic carbocycles. The maximum absolute atomic E-state index is 13.8. The number of Topliss-reactive ketones (excluding diaryl/α,β-unsaturated/α-hetero) is 1. The predicted octanol–water partition coefficient (Wildman–Crippen LogP) is 3.65. The van der Waals surface area contributed by atoms with Gasteiger partial charge in [0, 0.05) is 29.4 Å². The van der Waals surface area contributed by atoms with Gasteiger partial charge in [0.05, 0.1) is 32.8 Å². The highest BCUT2D eigenvalue weighted by Gasteiger charge is 2.57. The lowest BCUT2D eigenvalue weighted by Gasteiger charge is -2.41. The van der Waals surface area contributed by atoms with Gasteiger partial charge in [-0.05, 0) is 52.9 Å². The largest absolute Gasteiger partial charge is 0.463 e. The number of fused-ring (bicyclic) bond motifs is 3. The summed E-state index contributed by atoms with van der Waals surface area (Å²) < 4.78 is 5.93. The lowest BCUT2D eigenvalue weighted by atomic mass is 9.60. The van der Waals surface area contributed by atoms with Crippen molar-refractivity contribution >= 4 is 50.7 Å². The first-order valence-electron chi connectivity index (χ1n) is 11.9. The molecule has 0 radical (unpaired) electrons. The number of aliphatic hydroxyl groups excluding tert-OH is 1. The number of aliphatic hydroxyl groups is 1. The van der Waals surface area contributed by atoms with Gasteiger partial charge < -0.3 is 9.52 Å². The molecule has 2 aromatic rings. The number of rotatable bonds is 4. The van der Waals surface area contributed by atoms with Gasteiger partial charge in [0.15, 0.2) is 11.6 Å². The number of furan rings is 1. The minimum atomic E-state index is -0.821. The fraction of sp³-hybridized carbons (Fsp3) is 0.259. The van der Waals surface area contributed by atoms with Crippen LogP contribution >= 0.6 is 15.9 Å². The van der Waals surface area contributed by atoms with Crippen LogP contribution in [0, 0.1) is 27.9 Å². The van der Waals surface area contributed by atoms with E-state index in [4.69, 9.17) is 4.42 Å². The average Bonchev–Trinajstić information content (AvgIpc) is 3.48. The number of ketones is 2. The number of non-ortho nitro benzene ring substituents is 1. The molecule has 1 N–H and O–H groups in total. The van der Waals surface area contributed by atoms with Crippen LogP contribution in [-0.4, -0.2) is 33.4 Å². The van der Waals surface area contributed by atoms with Gasteiger partial charge in [-0.2, -0.15) is 0 Å². The van der Waals surface area contributed by atoms with E-state index in [0.717, 1.165) is 4.90 Å². The highest BCUT2D eigenvalue weighted by Crippen LogP contribution is 2.55. The summed E-state index contributed by atoms with van der Waals surface area (Å²) in [5, 5.41) is 20.8. The number of carbonyl (C=O) groups is 4. The molecule has 2 amide bonds. The lowest BCUT2D eigenvalue weighted by Crippen LogP contribution is -2.39. The van der Waals surface area contributed by atoms with E-state index in [9.17, 15) is 34.4 Å². The second-order valence-electron chi connectivity index (χ2n) is 9.64. The zero-order valence-corrected chi connectivity index (χ0v) is 21.2. The molecule has 4 aliphatic rings. The molecule has 1 aliphatic heterocycles. The second-order valence-corrected chi connectivity index (χ2v) is 10.5. The third-order valence-corrected chi connectivity index (χ3v) is 8.34. The molecule has 1 fully saturated rings. The molecule has 10 nitrogen and oxygen atoms in total. The number of imide groups is 1. The molecule has 0 saturated carbocycles. The minimum absolute atomic E-state index is 0.0850. The first-order chi connectivity index (χ1) is 18.2. The number of benzene rings is 1. The maximum atomic E-state index is 13.8. The fourth-order valence-electron chi connectivity index (χ4n) is 6.17. The summed E-state index contributed by atoms with van der Waals surface area (Å²) in [5.74, 6) is -3.90. The number of allylic oxidation sites excluding steroid dienone is 6. The van der Waals surface area contributed by atoms with Crippen LogP contribution in [0.15, 0.2) is 74.2 Å². The summed E-state index contributed by atoms with van der Waals surface area (Å²) in [6.45, 7) is -0.352. The van der Waals surface area contributed by atoms with Gasteiger partial charge >= 0.3 is 0 Å². The zero-order valence-electron chi connectivity index (χ0n) is 19.6. The number of amides is 2. The van der Waals surface area contributed by atoms with Crippen LogP contribution < -0.4 is 4.90 Å². The summed E-state index contributed by atoms with van der Waals surface area (Å²) >= 11 is 3.17. The third kappa shape index (κ3) is 3.49. The van der Waals surface area contributed by atoms with Gasteiger partial charge in [0.1, 0.15) is 18.1 Å². The van der Waals surface area contributed by atoms with Gasteiger partial charge in [-0.3, -0.25) is 29.3 Å². The van der Waals surface area contributed by atoms with Crippen LogP contribution in [0.2, 0.25) is 0 Å². The topological polar surface area (TPSA) is 148 Å². The van der Waals surface area contributed by atoms with Crippen molar-refractivity contribution < 1.29 is 33.6 Å². The monoisotopic (exact) mass is 578 g/mol. The fourth-order valence-corrected chi connectivity index (χ4v) is 6.62. The Balaban J connectivity index is 1.46. The van der Waals surface area contributed by atoms with Crippen LogP contribution in [0.1, 0.15) is 30.3 Å². The van der Waals surface area contributed by atoms with Crippen molar-refractivity contribution in [1.29, 1.82) is 0 Å². The first kappa shape index (κ1) is 24.4. The third-order valence-electron chi connectivity index (χ3n) is 7.75. The number of hydrogen-bond acceptors (Lipinski definition) is 8. The average molecular weight is 579 g/mol. The van der Waals surface area contributed by atoms with Crippen molar-refractivity contribution in [3.63, 3.8) is 0 Å². The molecular formula is C27H19BrN2O8. The Kier molecular flexibility index (Phi) is 5.65. The maximum Gasteiger partial charge on any atom is 0.271 e. The molecule has 192 valence electrons. The van der Waals surface area contributed by atoms with Crippen LogP contribution in [-0.2, 0) is 25.8 Å². The molecular weight excluding hydrogens is 560 g/mol.